The Morgan fingerprint density at radius 3 is 2.33 bits per heavy atom. The molecule has 0 aromatic heterocycles. The summed E-state index contributed by atoms with van der Waals surface area (Å²) < 4.78 is 0. The van der Waals surface area contributed by atoms with Crippen LogP contribution in [0.4, 0.5) is 0 Å². The van der Waals surface area contributed by atoms with E-state index < -0.39 is 0 Å². The number of amides is 2. The normalized spacial score (nSPS) is 22.0. The molecule has 0 bridgehead atoms. The zero-order valence-corrected chi connectivity index (χ0v) is 14.5. The van der Waals surface area contributed by atoms with Gasteiger partial charge in [0, 0.05) is 39.1 Å². The van der Waals surface area contributed by atoms with Gasteiger partial charge < -0.3 is 9.80 Å². The van der Waals surface area contributed by atoms with E-state index in [-0.39, 0.29) is 11.8 Å². The molecular formula is C19H27N3O2. The molecule has 3 rings (SSSR count). The summed E-state index contributed by atoms with van der Waals surface area (Å²) >= 11 is 0. The molecule has 2 aliphatic rings. The quantitative estimate of drug-likeness (QED) is 0.838. The number of benzene rings is 1. The highest BCUT2D eigenvalue weighted by molar-refractivity contribution is 5.79. The first-order valence-corrected chi connectivity index (χ1v) is 8.95. The fraction of sp³-hybridized carbons (Fsp3) is 0.579. The fourth-order valence-corrected chi connectivity index (χ4v) is 3.77. The first-order valence-electron chi connectivity index (χ1n) is 8.95. The van der Waals surface area contributed by atoms with Crippen molar-refractivity contribution in [2.45, 2.75) is 32.2 Å². The van der Waals surface area contributed by atoms with Gasteiger partial charge in [-0.05, 0) is 31.4 Å². The average Bonchev–Trinajstić information content (AvgIpc) is 3.02. The monoisotopic (exact) mass is 329 g/mol. The van der Waals surface area contributed by atoms with Gasteiger partial charge in [0.2, 0.25) is 11.8 Å². The Hall–Kier alpha value is -1.88. The Morgan fingerprint density at radius 1 is 1.00 bits per heavy atom. The van der Waals surface area contributed by atoms with Crippen molar-refractivity contribution in [2.75, 3.05) is 39.3 Å². The maximum Gasteiger partial charge on any atom is 0.236 e. The van der Waals surface area contributed by atoms with Crippen molar-refractivity contribution in [1.82, 2.24) is 14.7 Å². The van der Waals surface area contributed by atoms with Crippen LogP contribution in [-0.2, 0) is 16.0 Å². The number of carbonyl (C=O) groups is 2. The summed E-state index contributed by atoms with van der Waals surface area (Å²) in [4.78, 5) is 30.1. The van der Waals surface area contributed by atoms with Gasteiger partial charge in [0.25, 0.3) is 0 Å². The molecule has 0 spiro atoms. The van der Waals surface area contributed by atoms with E-state index in [1.807, 2.05) is 15.9 Å². The van der Waals surface area contributed by atoms with Crippen LogP contribution in [0.1, 0.15) is 25.3 Å². The number of nitrogens with zero attached hydrogens (tertiary/aromatic N) is 3. The lowest BCUT2D eigenvalue weighted by atomic mass is 10.0. The number of hydrogen-bond donors (Lipinski definition) is 0. The van der Waals surface area contributed by atoms with Gasteiger partial charge >= 0.3 is 0 Å². The minimum absolute atomic E-state index is 0.101. The van der Waals surface area contributed by atoms with E-state index in [2.05, 4.69) is 29.2 Å². The molecule has 0 N–H and O–H groups in total. The molecule has 130 valence electrons. The molecule has 1 unspecified atom stereocenters. The van der Waals surface area contributed by atoms with Gasteiger partial charge in [-0.15, -0.1) is 0 Å². The molecule has 5 heteroatoms. The number of piperazine rings is 1. The number of hydrogen-bond acceptors (Lipinski definition) is 3. The van der Waals surface area contributed by atoms with Crippen molar-refractivity contribution in [2.24, 2.45) is 0 Å². The lowest BCUT2D eigenvalue weighted by molar-refractivity contribution is -0.139. The third-order valence-electron chi connectivity index (χ3n) is 5.23. The van der Waals surface area contributed by atoms with Gasteiger partial charge in [-0.2, -0.15) is 0 Å². The summed E-state index contributed by atoms with van der Waals surface area (Å²) in [7, 11) is 0. The van der Waals surface area contributed by atoms with Crippen LogP contribution >= 0.6 is 0 Å². The van der Waals surface area contributed by atoms with E-state index in [0.717, 1.165) is 13.0 Å². The summed E-state index contributed by atoms with van der Waals surface area (Å²) in [6.45, 7) is 5.76. The number of likely N-dealkylation sites (tertiary alicyclic amines) is 1. The molecule has 0 radical (unpaired) electrons. The van der Waals surface area contributed by atoms with E-state index in [9.17, 15) is 9.59 Å². The van der Waals surface area contributed by atoms with Crippen molar-refractivity contribution >= 4 is 11.8 Å². The predicted molar refractivity (Wildman–Crippen MR) is 93.6 cm³/mol. The third-order valence-corrected chi connectivity index (χ3v) is 5.23. The molecule has 0 aliphatic carbocycles. The van der Waals surface area contributed by atoms with Crippen molar-refractivity contribution < 1.29 is 9.59 Å². The average molecular weight is 329 g/mol. The van der Waals surface area contributed by atoms with Gasteiger partial charge in [0.15, 0.2) is 0 Å². The van der Waals surface area contributed by atoms with Crippen LogP contribution < -0.4 is 0 Å². The molecule has 1 atom stereocenters. The lowest BCUT2D eigenvalue weighted by Crippen LogP contribution is -2.52. The molecule has 0 saturated carbocycles. The Bertz CT molecular complexity index is 567. The Kier molecular flexibility index (Phi) is 5.51. The zero-order chi connectivity index (χ0) is 16.9. The Labute approximate surface area is 144 Å². The van der Waals surface area contributed by atoms with Crippen LogP contribution in [0.5, 0.6) is 0 Å². The SMILES string of the molecule is CC(=O)N1CCN(C(=O)CN2CCCC2Cc2ccccc2)CC1. The molecule has 2 amide bonds. The zero-order valence-electron chi connectivity index (χ0n) is 14.5. The summed E-state index contributed by atoms with van der Waals surface area (Å²) in [5.74, 6) is 0.308. The molecule has 2 aliphatic heterocycles. The Morgan fingerprint density at radius 2 is 1.67 bits per heavy atom. The topological polar surface area (TPSA) is 43.9 Å². The molecule has 2 heterocycles. The second-order valence-corrected chi connectivity index (χ2v) is 6.84. The van der Waals surface area contributed by atoms with Crippen LogP contribution in [0, 0.1) is 0 Å². The first kappa shape index (κ1) is 17.0. The lowest BCUT2D eigenvalue weighted by Gasteiger charge is -2.35. The maximum atomic E-state index is 12.6. The smallest absolute Gasteiger partial charge is 0.236 e. The highest BCUT2D eigenvalue weighted by Crippen LogP contribution is 2.21. The molecule has 1 aromatic carbocycles. The molecule has 1 aromatic rings. The summed E-state index contributed by atoms with van der Waals surface area (Å²) in [6, 6.07) is 11.0. The Balaban J connectivity index is 1.51. The second kappa shape index (κ2) is 7.79. The molecule has 2 fully saturated rings. The molecule has 5 nitrogen and oxygen atoms in total. The first-order chi connectivity index (χ1) is 11.6. The molecule has 2 saturated heterocycles. The van der Waals surface area contributed by atoms with E-state index >= 15 is 0 Å². The van der Waals surface area contributed by atoms with E-state index in [4.69, 9.17) is 0 Å². The fourth-order valence-electron chi connectivity index (χ4n) is 3.77. The molecule has 24 heavy (non-hydrogen) atoms. The summed E-state index contributed by atoms with van der Waals surface area (Å²) in [6.07, 6.45) is 3.36. The highest BCUT2D eigenvalue weighted by atomic mass is 16.2. The number of rotatable bonds is 4. The second-order valence-electron chi connectivity index (χ2n) is 6.84. The van der Waals surface area contributed by atoms with Gasteiger partial charge in [-0.3, -0.25) is 14.5 Å². The molecular weight excluding hydrogens is 302 g/mol. The van der Waals surface area contributed by atoms with Gasteiger partial charge in [-0.25, -0.2) is 0 Å². The highest BCUT2D eigenvalue weighted by Gasteiger charge is 2.29. The van der Waals surface area contributed by atoms with Crippen molar-refractivity contribution in [3.8, 4) is 0 Å². The van der Waals surface area contributed by atoms with E-state index in [1.54, 1.807) is 6.92 Å². The van der Waals surface area contributed by atoms with Crippen LogP contribution in [-0.4, -0.2) is 71.8 Å². The van der Waals surface area contributed by atoms with Crippen molar-refractivity contribution in [1.29, 1.82) is 0 Å². The third kappa shape index (κ3) is 4.15. The minimum Gasteiger partial charge on any atom is -0.339 e. The van der Waals surface area contributed by atoms with Crippen molar-refractivity contribution in [3.05, 3.63) is 35.9 Å². The minimum atomic E-state index is 0.101. The van der Waals surface area contributed by atoms with Gasteiger partial charge in [0.05, 0.1) is 6.54 Å². The predicted octanol–water partition coefficient (Wildman–Crippen LogP) is 1.38. The van der Waals surface area contributed by atoms with Crippen molar-refractivity contribution in [3.63, 3.8) is 0 Å². The maximum absolute atomic E-state index is 12.6. The van der Waals surface area contributed by atoms with Crippen LogP contribution in [0.25, 0.3) is 0 Å². The number of carbonyl (C=O) groups excluding carboxylic acids is 2. The van der Waals surface area contributed by atoms with Gasteiger partial charge in [0.1, 0.15) is 0 Å². The summed E-state index contributed by atoms with van der Waals surface area (Å²) in [5, 5.41) is 0. The largest absolute Gasteiger partial charge is 0.339 e. The standard InChI is InChI=1S/C19H27N3O2/c1-16(23)20-10-12-21(13-11-20)19(24)15-22-9-5-8-18(22)14-17-6-3-2-4-7-17/h2-4,6-7,18H,5,8-15H2,1H3. The van der Waals surface area contributed by atoms with Crippen LogP contribution in [0.15, 0.2) is 30.3 Å². The van der Waals surface area contributed by atoms with Gasteiger partial charge in [-0.1, -0.05) is 30.3 Å². The van der Waals surface area contributed by atoms with Crippen LogP contribution in [0.2, 0.25) is 0 Å². The van der Waals surface area contributed by atoms with E-state index in [0.29, 0.717) is 38.8 Å². The van der Waals surface area contributed by atoms with Crippen LogP contribution in [0.3, 0.4) is 0 Å². The van der Waals surface area contributed by atoms with E-state index in [1.165, 1.54) is 18.4 Å². The summed E-state index contributed by atoms with van der Waals surface area (Å²) in [5.41, 5.74) is 1.34.